The van der Waals surface area contributed by atoms with E-state index in [1.807, 2.05) is 18.5 Å². The molecule has 3 aromatic heterocycles. The zero-order valence-electron chi connectivity index (χ0n) is 15.0. The van der Waals surface area contributed by atoms with E-state index in [0.29, 0.717) is 5.92 Å². The lowest BCUT2D eigenvalue weighted by atomic mass is 9.94. The van der Waals surface area contributed by atoms with Crippen molar-refractivity contribution in [3.63, 3.8) is 0 Å². The van der Waals surface area contributed by atoms with Gasteiger partial charge in [0, 0.05) is 57.9 Å². The van der Waals surface area contributed by atoms with E-state index in [4.69, 9.17) is 4.98 Å². The Hall–Kier alpha value is -2.40. The number of anilines is 1. The maximum absolute atomic E-state index is 5.00. The molecule has 1 fully saturated rings. The Labute approximate surface area is 148 Å². The van der Waals surface area contributed by atoms with E-state index in [9.17, 15) is 0 Å². The van der Waals surface area contributed by atoms with Crippen molar-refractivity contribution in [3.05, 3.63) is 60.3 Å². The fourth-order valence-electron chi connectivity index (χ4n) is 3.76. The van der Waals surface area contributed by atoms with Crippen molar-refractivity contribution in [2.75, 3.05) is 32.1 Å². The van der Waals surface area contributed by atoms with Crippen LogP contribution in [0.4, 0.5) is 5.82 Å². The summed E-state index contributed by atoms with van der Waals surface area (Å²) in [6, 6.07) is 8.39. The lowest BCUT2D eigenvalue weighted by Gasteiger charge is -2.32. The van der Waals surface area contributed by atoms with Gasteiger partial charge in [0.25, 0.3) is 0 Å². The van der Waals surface area contributed by atoms with Gasteiger partial charge >= 0.3 is 0 Å². The molecule has 0 unspecified atom stereocenters. The van der Waals surface area contributed by atoms with Gasteiger partial charge in [-0.15, -0.1) is 0 Å². The predicted octanol–water partition coefficient (Wildman–Crippen LogP) is 3.17. The summed E-state index contributed by atoms with van der Waals surface area (Å²) in [7, 11) is 4.13. The van der Waals surface area contributed by atoms with E-state index in [1.54, 1.807) is 0 Å². The Kier molecular flexibility index (Phi) is 4.40. The summed E-state index contributed by atoms with van der Waals surface area (Å²) in [6.07, 6.45) is 10.5. The average Bonchev–Trinajstić information content (AvgIpc) is 3.10. The van der Waals surface area contributed by atoms with Crippen LogP contribution in [0.3, 0.4) is 0 Å². The molecule has 0 amide bonds. The van der Waals surface area contributed by atoms with Gasteiger partial charge in [-0.05, 0) is 43.1 Å². The smallest absolute Gasteiger partial charge is 0.152 e. The molecule has 0 bridgehead atoms. The second-order valence-electron chi connectivity index (χ2n) is 7.12. The number of pyridine rings is 1. The summed E-state index contributed by atoms with van der Waals surface area (Å²) in [5.74, 6) is 1.53. The molecule has 4 rings (SSSR count). The van der Waals surface area contributed by atoms with Crippen LogP contribution in [0.1, 0.15) is 30.0 Å². The monoisotopic (exact) mass is 335 g/mol. The van der Waals surface area contributed by atoms with Crippen molar-refractivity contribution in [2.24, 2.45) is 0 Å². The van der Waals surface area contributed by atoms with Gasteiger partial charge in [0.05, 0.1) is 11.2 Å². The van der Waals surface area contributed by atoms with Crippen LogP contribution in [0.5, 0.6) is 0 Å². The van der Waals surface area contributed by atoms with E-state index in [2.05, 4.69) is 63.9 Å². The van der Waals surface area contributed by atoms with Crippen LogP contribution >= 0.6 is 0 Å². The molecule has 0 radical (unpaired) electrons. The van der Waals surface area contributed by atoms with E-state index >= 15 is 0 Å². The quantitative estimate of drug-likeness (QED) is 0.734. The Morgan fingerprint density at radius 3 is 2.96 bits per heavy atom. The molecule has 4 heterocycles. The molecule has 0 aliphatic carbocycles. The molecule has 0 saturated carbocycles. The van der Waals surface area contributed by atoms with Crippen molar-refractivity contribution in [2.45, 2.75) is 25.3 Å². The van der Waals surface area contributed by atoms with Crippen LogP contribution in [0, 0.1) is 0 Å². The SMILES string of the molecule is CN(C)c1nc([C@@H]2CCCN(Cc3cccnc3)C2)cn2cccc12. The normalized spacial score (nSPS) is 18.6. The molecular weight excluding hydrogens is 310 g/mol. The van der Waals surface area contributed by atoms with E-state index in [1.165, 1.54) is 24.1 Å². The Morgan fingerprint density at radius 1 is 1.24 bits per heavy atom. The van der Waals surface area contributed by atoms with Gasteiger partial charge < -0.3 is 9.30 Å². The first kappa shape index (κ1) is 16.1. The number of aromatic nitrogens is 3. The van der Waals surface area contributed by atoms with Crippen LogP contribution < -0.4 is 4.90 Å². The van der Waals surface area contributed by atoms with Crippen molar-refractivity contribution < 1.29 is 0 Å². The number of piperidine rings is 1. The van der Waals surface area contributed by atoms with E-state index < -0.39 is 0 Å². The number of hydrogen-bond donors (Lipinski definition) is 0. The molecule has 1 atom stereocenters. The van der Waals surface area contributed by atoms with Gasteiger partial charge in [0.15, 0.2) is 5.82 Å². The van der Waals surface area contributed by atoms with Gasteiger partial charge in [-0.1, -0.05) is 6.07 Å². The van der Waals surface area contributed by atoms with Gasteiger partial charge in [-0.3, -0.25) is 9.88 Å². The highest BCUT2D eigenvalue weighted by Crippen LogP contribution is 2.29. The van der Waals surface area contributed by atoms with Crippen molar-refractivity contribution in [1.82, 2.24) is 19.3 Å². The number of nitrogens with zero attached hydrogens (tertiary/aromatic N) is 5. The summed E-state index contributed by atoms with van der Waals surface area (Å²) in [5, 5.41) is 0. The molecule has 1 aliphatic heterocycles. The number of likely N-dealkylation sites (tertiary alicyclic amines) is 1. The van der Waals surface area contributed by atoms with Crippen molar-refractivity contribution in [3.8, 4) is 0 Å². The Bertz CT molecular complexity index is 840. The Balaban J connectivity index is 1.57. The van der Waals surface area contributed by atoms with Crippen LogP contribution in [0.15, 0.2) is 49.1 Å². The lowest BCUT2D eigenvalue weighted by molar-refractivity contribution is 0.198. The molecular formula is C20H25N5. The molecule has 5 nitrogen and oxygen atoms in total. The zero-order valence-corrected chi connectivity index (χ0v) is 15.0. The second-order valence-corrected chi connectivity index (χ2v) is 7.12. The third-order valence-corrected chi connectivity index (χ3v) is 4.99. The van der Waals surface area contributed by atoms with Crippen LogP contribution in [-0.4, -0.2) is 46.5 Å². The summed E-state index contributed by atoms with van der Waals surface area (Å²) < 4.78 is 2.21. The lowest BCUT2D eigenvalue weighted by Crippen LogP contribution is -2.34. The molecule has 5 heteroatoms. The molecule has 3 aromatic rings. The highest BCUT2D eigenvalue weighted by atomic mass is 15.2. The zero-order chi connectivity index (χ0) is 17.2. The summed E-state index contributed by atoms with van der Waals surface area (Å²) >= 11 is 0. The van der Waals surface area contributed by atoms with Gasteiger partial charge in [0.1, 0.15) is 0 Å². The summed E-state index contributed by atoms with van der Waals surface area (Å²) in [4.78, 5) is 13.9. The van der Waals surface area contributed by atoms with Gasteiger partial charge in [0.2, 0.25) is 0 Å². The standard InChI is InChI=1S/C20H25N5/c1-23(2)20-19-8-5-11-25(19)15-18(22-20)17-7-4-10-24(14-17)13-16-6-3-9-21-12-16/h3,5-6,8-9,11-12,15,17H,4,7,10,13-14H2,1-2H3/t17-/m1/s1. The third kappa shape index (κ3) is 3.37. The van der Waals surface area contributed by atoms with E-state index in [0.717, 1.165) is 31.0 Å². The minimum atomic E-state index is 0.482. The molecule has 0 spiro atoms. The number of fused-ring (bicyclic) bond motifs is 1. The molecule has 25 heavy (non-hydrogen) atoms. The Morgan fingerprint density at radius 2 is 2.16 bits per heavy atom. The van der Waals surface area contributed by atoms with Crippen LogP contribution in [0.2, 0.25) is 0 Å². The van der Waals surface area contributed by atoms with Gasteiger partial charge in [-0.25, -0.2) is 4.98 Å². The summed E-state index contributed by atoms with van der Waals surface area (Å²) in [6.45, 7) is 3.18. The molecule has 1 saturated heterocycles. The fraction of sp³-hybridized carbons (Fsp3) is 0.400. The highest BCUT2D eigenvalue weighted by molar-refractivity contribution is 5.69. The number of hydrogen-bond acceptors (Lipinski definition) is 4. The highest BCUT2D eigenvalue weighted by Gasteiger charge is 2.24. The first-order chi connectivity index (χ1) is 12.2. The fourth-order valence-corrected chi connectivity index (χ4v) is 3.76. The average molecular weight is 335 g/mol. The minimum absolute atomic E-state index is 0.482. The first-order valence-corrected chi connectivity index (χ1v) is 8.97. The maximum atomic E-state index is 5.00. The minimum Gasteiger partial charge on any atom is -0.361 e. The number of rotatable bonds is 4. The largest absolute Gasteiger partial charge is 0.361 e. The molecule has 0 aromatic carbocycles. The third-order valence-electron chi connectivity index (χ3n) is 4.99. The first-order valence-electron chi connectivity index (χ1n) is 8.97. The molecule has 0 N–H and O–H groups in total. The molecule has 130 valence electrons. The topological polar surface area (TPSA) is 36.7 Å². The van der Waals surface area contributed by atoms with Crippen LogP contribution in [0.25, 0.3) is 5.52 Å². The maximum Gasteiger partial charge on any atom is 0.152 e. The van der Waals surface area contributed by atoms with Crippen LogP contribution in [-0.2, 0) is 6.54 Å². The van der Waals surface area contributed by atoms with Gasteiger partial charge in [-0.2, -0.15) is 0 Å². The summed E-state index contributed by atoms with van der Waals surface area (Å²) in [5.41, 5.74) is 3.64. The second kappa shape index (κ2) is 6.84. The van der Waals surface area contributed by atoms with Crippen molar-refractivity contribution in [1.29, 1.82) is 0 Å². The van der Waals surface area contributed by atoms with Crippen molar-refractivity contribution >= 4 is 11.3 Å². The predicted molar refractivity (Wildman–Crippen MR) is 101 cm³/mol. The molecule has 1 aliphatic rings. The van der Waals surface area contributed by atoms with E-state index in [-0.39, 0.29) is 0 Å².